The Morgan fingerprint density at radius 1 is 1.17 bits per heavy atom. The van der Waals surface area contributed by atoms with Crippen LogP contribution in [-0.4, -0.2) is 18.0 Å². The summed E-state index contributed by atoms with van der Waals surface area (Å²) in [5, 5.41) is 25.0. The zero-order valence-electron chi connectivity index (χ0n) is 16.7. The van der Waals surface area contributed by atoms with Crippen LogP contribution in [-0.2, 0) is 5.41 Å². The second kappa shape index (κ2) is 11.3. The summed E-state index contributed by atoms with van der Waals surface area (Å²) in [6.45, 7) is 2.79. The van der Waals surface area contributed by atoms with Gasteiger partial charge in [-0.3, -0.25) is 4.90 Å². The molecule has 0 amide bonds. The van der Waals surface area contributed by atoms with Crippen molar-refractivity contribution in [3.63, 3.8) is 0 Å². The molecule has 0 spiro atoms. The number of nitriles is 1. The highest BCUT2D eigenvalue weighted by Crippen LogP contribution is 2.37. The Morgan fingerprint density at radius 2 is 1.83 bits per heavy atom. The van der Waals surface area contributed by atoms with Crippen LogP contribution in [0.25, 0.3) is 0 Å². The van der Waals surface area contributed by atoms with Gasteiger partial charge in [-0.15, -0.1) is 0 Å². The quantitative estimate of drug-likeness (QED) is 0.529. The van der Waals surface area contributed by atoms with E-state index >= 15 is 0 Å². The molecule has 2 aromatic rings. The number of hydrogen-bond donors (Lipinski definition) is 1. The molecule has 156 valence electrons. The van der Waals surface area contributed by atoms with E-state index in [9.17, 15) is 5.26 Å². The van der Waals surface area contributed by atoms with Crippen molar-refractivity contribution in [3.05, 3.63) is 87.9 Å². The number of rotatable bonds is 8. The maximum Gasteiger partial charge on any atom is 0.193 e. The first kappa shape index (κ1) is 22.6. The zero-order valence-corrected chi connectivity index (χ0v) is 16.7. The number of aliphatic imine (C=N–C) groups is 1. The molecule has 0 saturated heterocycles. The molecule has 8 nitrogen and oxygen atoms in total. The monoisotopic (exact) mass is 408 g/mol. The maximum absolute atomic E-state index is 10.2. The lowest BCUT2D eigenvalue weighted by molar-refractivity contribution is -0.741. The van der Waals surface area contributed by atoms with Gasteiger partial charge in [-0.25, -0.2) is 4.99 Å². The SMILES string of the molecule is CCCCC(C#N)(C[NH+]1C=CN=C1)c1ccccc1Oc1ccccc1.O=[N+]([O-])[O-]. The second-order valence-corrected chi connectivity index (χ2v) is 6.78. The van der Waals surface area contributed by atoms with Gasteiger partial charge in [-0.2, -0.15) is 5.26 Å². The predicted octanol–water partition coefficient (Wildman–Crippen LogP) is 3.59. The van der Waals surface area contributed by atoms with Gasteiger partial charge < -0.3 is 20.1 Å². The first-order valence-corrected chi connectivity index (χ1v) is 9.61. The minimum atomic E-state index is -1.75. The number of quaternary nitrogens is 1. The number of hydrogen-bond acceptors (Lipinski definition) is 6. The van der Waals surface area contributed by atoms with E-state index in [1.165, 1.54) is 0 Å². The van der Waals surface area contributed by atoms with Crippen LogP contribution in [0.4, 0.5) is 0 Å². The van der Waals surface area contributed by atoms with E-state index in [-0.39, 0.29) is 0 Å². The van der Waals surface area contributed by atoms with Crippen LogP contribution in [0.2, 0.25) is 0 Å². The fourth-order valence-electron chi connectivity index (χ4n) is 3.29. The minimum Gasteiger partial charge on any atom is -0.457 e. The van der Waals surface area contributed by atoms with Crippen LogP contribution in [0, 0.1) is 26.7 Å². The zero-order chi connectivity index (χ0) is 21.8. The number of nitrogens with zero attached hydrogens (tertiary/aromatic N) is 3. The number of nitrogens with one attached hydrogen (secondary N) is 1. The summed E-state index contributed by atoms with van der Waals surface area (Å²) in [5.41, 5.74) is 0.318. The van der Waals surface area contributed by atoms with Gasteiger partial charge >= 0.3 is 0 Å². The van der Waals surface area contributed by atoms with Gasteiger partial charge in [0.25, 0.3) is 0 Å². The third-order valence-corrected chi connectivity index (χ3v) is 4.67. The third kappa shape index (κ3) is 6.43. The lowest BCUT2D eigenvalue weighted by Gasteiger charge is -2.29. The molecule has 2 atom stereocenters. The van der Waals surface area contributed by atoms with Gasteiger partial charge in [-0.1, -0.05) is 56.2 Å². The van der Waals surface area contributed by atoms with E-state index in [1.54, 1.807) is 6.20 Å². The van der Waals surface area contributed by atoms with Gasteiger partial charge in [0.15, 0.2) is 6.34 Å². The van der Waals surface area contributed by atoms with Crippen LogP contribution >= 0.6 is 0 Å². The van der Waals surface area contributed by atoms with E-state index in [1.807, 2.05) is 67.1 Å². The van der Waals surface area contributed by atoms with Crippen LogP contribution in [0.3, 0.4) is 0 Å². The van der Waals surface area contributed by atoms with Gasteiger partial charge in [0.05, 0.1) is 17.4 Å². The van der Waals surface area contributed by atoms with Gasteiger partial charge in [-0.05, 0) is 24.6 Å². The van der Waals surface area contributed by atoms with Crippen molar-refractivity contribution < 1.29 is 14.7 Å². The summed E-state index contributed by atoms with van der Waals surface area (Å²) in [4.78, 5) is 13.5. The number of para-hydroxylation sites is 2. The topological polar surface area (TPSA) is 116 Å². The molecule has 0 saturated carbocycles. The maximum atomic E-state index is 10.2. The Hall–Kier alpha value is -3.70. The molecule has 0 radical (unpaired) electrons. The molecule has 30 heavy (non-hydrogen) atoms. The highest BCUT2D eigenvalue weighted by molar-refractivity contribution is 5.50. The fraction of sp³-hybridized carbons (Fsp3) is 0.273. The van der Waals surface area contributed by atoms with Crippen LogP contribution < -0.4 is 9.64 Å². The van der Waals surface area contributed by atoms with Crippen molar-refractivity contribution in [2.75, 3.05) is 6.54 Å². The fourth-order valence-corrected chi connectivity index (χ4v) is 3.29. The highest BCUT2D eigenvalue weighted by Gasteiger charge is 2.39. The molecule has 8 heteroatoms. The highest BCUT2D eigenvalue weighted by atomic mass is 16.9. The Morgan fingerprint density at radius 3 is 2.43 bits per heavy atom. The Labute approximate surface area is 175 Å². The number of ether oxygens (including phenoxy) is 1. The largest absolute Gasteiger partial charge is 0.457 e. The Balaban J connectivity index is 0.000000735. The average molecular weight is 408 g/mol. The third-order valence-electron chi connectivity index (χ3n) is 4.67. The molecule has 1 aliphatic heterocycles. The van der Waals surface area contributed by atoms with Crippen molar-refractivity contribution in [3.8, 4) is 17.6 Å². The van der Waals surface area contributed by atoms with Crippen LogP contribution in [0.5, 0.6) is 11.5 Å². The van der Waals surface area contributed by atoms with Crippen molar-refractivity contribution >= 4 is 6.34 Å². The number of benzene rings is 2. The summed E-state index contributed by atoms with van der Waals surface area (Å²) in [7, 11) is 0. The summed E-state index contributed by atoms with van der Waals surface area (Å²) >= 11 is 0. The van der Waals surface area contributed by atoms with Crippen molar-refractivity contribution in [2.24, 2.45) is 4.99 Å². The average Bonchev–Trinajstić information content (AvgIpc) is 3.25. The van der Waals surface area contributed by atoms with Crippen molar-refractivity contribution in [1.29, 1.82) is 5.26 Å². The Kier molecular flexibility index (Phi) is 8.54. The molecule has 2 aromatic carbocycles. The van der Waals surface area contributed by atoms with Gasteiger partial charge in [0, 0.05) is 5.56 Å². The van der Waals surface area contributed by atoms with E-state index in [4.69, 9.17) is 20.1 Å². The van der Waals surface area contributed by atoms with Crippen LogP contribution in [0.1, 0.15) is 31.7 Å². The molecule has 0 fully saturated rings. The smallest absolute Gasteiger partial charge is 0.193 e. The lowest BCUT2D eigenvalue weighted by Crippen LogP contribution is -3.07. The first-order chi connectivity index (χ1) is 14.5. The summed E-state index contributed by atoms with van der Waals surface area (Å²) in [5.74, 6) is 1.52. The molecule has 1 aliphatic rings. The van der Waals surface area contributed by atoms with Crippen molar-refractivity contribution in [2.45, 2.75) is 31.6 Å². The minimum absolute atomic E-state index is 0.628. The first-order valence-electron chi connectivity index (χ1n) is 9.61. The van der Waals surface area contributed by atoms with E-state index in [2.05, 4.69) is 18.0 Å². The molecule has 3 rings (SSSR count). The predicted molar refractivity (Wildman–Crippen MR) is 114 cm³/mol. The molecule has 2 unspecified atom stereocenters. The molecule has 1 heterocycles. The molecular weight excluding hydrogens is 384 g/mol. The molecule has 0 aromatic heterocycles. The van der Waals surface area contributed by atoms with Crippen LogP contribution in [0.15, 0.2) is 72.0 Å². The molecule has 0 bridgehead atoms. The normalized spacial score (nSPS) is 16.1. The molecular formula is C22H24N4O4. The Bertz CT molecular complexity index is 908. The van der Waals surface area contributed by atoms with Gasteiger partial charge in [0.2, 0.25) is 0 Å². The molecule has 0 aliphatic carbocycles. The van der Waals surface area contributed by atoms with E-state index in [0.29, 0.717) is 6.54 Å². The standard InChI is InChI=1S/C22H23N3O.NO3/c1-2-3-13-22(16-23,17-25-15-14-24-18-25)20-11-7-8-12-21(20)26-19-9-5-4-6-10-19;2-1(3)4/h4-12,14-15,18H,2-3,13,17H2,1H3;/q;-1/p+1. The summed E-state index contributed by atoms with van der Waals surface area (Å²) in [6.07, 6.45) is 8.44. The summed E-state index contributed by atoms with van der Waals surface area (Å²) < 4.78 is 6.15. The lowest BCUT2D eigenvalue weighted by atomic mass is 9.76. The van der Waals surface area contributed by atoms with Crippen molar-refractivity contribution in [1.82, 2.24) is 0 Å². The van der Waals surface area contributed by atoms with Gasteiger partial charge in [0.1, 0.15) is 29.7 Å². The number of unbranched alkanes of at least 4 members (excludes halogenated alkanes) is 1. The molecule has 1 N–H and O–H groups in total. The summed E-state index contributed by atoms with van der Waals surface area (Å²) in [6, 6.07) is 20.2. The van der Waals surface area contributed by atoms with E-state index < -0.39 is 10.5 Å². The van der Waals surface area contributed by atoms with E-state index in [0.717, 1.165) is 41.2 Å². The second-order valence-electron chi connectivity index (χ2n) is 6.78.